The summed E-state index contributed by atoms with van der Waals surface area (Å²) >= 11 is 0. The molecule has 128 valence electrons. The van der Waals surface area contributed by atoms with Crippen LogP contribution >= 0.6 is 0 Å². The van der Waals surface area contributed by atoms with Crippen LogP contribution in [0, 0.1) is 17.6 Å². The van der Waals surface area contributed by atoms with Gasteiger partial charge in [-0.15, -0.1) is 0 Å². The second kappa shape index (κ2) is 6.73. The molecular formula is C15H15F2N3O4. The molecule has 24 heavy (non-hydrogen) atoms. The number of amides is 5. The number of nitrogens with zero attached hydrogens (tertiary/aromatic N) is 2. The lowest BCUT2D eigenvalue weighted by atomic mass is 10.2. The van der Waals surface area contributed by atoms with E-state index in [1.807, 2.05) is 0 Å². The largest absolute Gasteiger partial charge is 0.334 e. The van der Waals surface area contributed by atoms with E-state index in [0.29, 0.717) is 11.0 Å². The van der Waals surface area contributed by atoms with Crippen LogP contribution in [-0.2, 0) is 14.4 Å². The molecule has 1 aliphatic rings. The second-order valence-electron chi connectivity index (χ2n) is 5.66. The Morgan fingerprint density at radius 3 is 2.33 bits per heavy atom. The van der Waals surface area contributed by atoms with E-state index in [2.05, 4.69) is 5.32 Å². The minimum Gasteiger partial charge on any atom is -0.322 e. The zero-order chi connectivity index (χ0) is 18.0. The number of anilines is 1. The first-order valence-electron chi connectivity index (χ1n) is 7.13. The molecule has 1 aliphatic heterocycles. The number of benzene rings is 1. The first-order valence-corrected chi connectivity index (χ1v) is 7.13. The third-order valence-electron chi connectivity index (χ3n) is 3.19. The fourth-order valence-electron chi connectivity index (χ4n) is 2.14. The van der Waals surface area contributed by atoms with Crippen LogP contribution in [0.5, 0.6) is 0 Å². The van der Waals surface area contributed by atoms with Crippen molar-refractivity contribution in [1.29, 1.82) is 0 Å². The number of carbonyl (C=O) groups is 4. The summed E-state index contributed by atoms with van der Waals surface area (Å²) < 4.78 is 26.3. The number of nitrogens with one attached hydrogen (secondary N) is 1. The molecule has 5 amide bonds. The SMILES string of the molecule is CC(C)CN1C(=O)C(=O)N(CC(=O)Nc2ccc(F)cc2F)C1=O. The van der Waals surface area contributed by atoms with Gasteiger partial charge in [0.25, 0.3) is 0 Å². The predicted molar refractivity (Wildman–Crippen MR) is 78.6 cm³/mol. The predicted octanol–water partition coefficient (Wildman–Crippen LogP) is 1.35. The van der Waals surface area contributed by atoms with Gasteiger partial charge in [-0.3, -0.25) is 19.3 Å². The van der Waals surface area contributed by atoms with Gasteiger partial charge >= 0.3 is 17.8 Å². The van der Waals surface area contributed by atoms with Gasteiger partial charge in [0, 0.05) is 12.6 Å². The average Bonchev–Trinajstić information content (AvgIpc) is 2.67. The molecule has 0 saturated carbocycles. The van der Waals surface area contributed by atoms with Crippen molar-refractivity contribution in [3.63, 3.8) is 0 Å². The molecule has 0 aliphatic carbocycles. The van der Waals surface area contributed by atoms with Crippen LogP contribution in [0.15, 0.2) is 18.2 Å². The Bertz CT molecular complexity index is 721. The number of carbonyl (C=O) groups excluding carboxylic acids is 4. The van der Waals surface area contributed by atoms with Crippen LogP contribution in [-0.4, -0.2) is 46.6 Å². The summed E-state index contributed by atoms with van der Waals surface area (Å²) in [5.41, 5.74) is -0.300. The Morgan fingerprint density at radius 1 is 1.12 bits per heavy atom. The quantitative estimate of drug-likeness (QED) is 0.648. The molecular weight excluding hydrogens is 324 g/mol. The van der Waals surface area contributed by atoms with Crippen molar-refractivity contribution in [2.75, 3.05) is 18.4 Å². The Kier molecular flexibility index (Phi) is 4.91. The number of hydrogen-bond donors (Lipinski definition) is 1. The molecule has 9 heteroatoms. The van der Waals surface area contributed by atoms with Crippen LogP contribution in [0.25, 0.3) is 0 Å². The molecule has 1 aromatic rings. The summed E-state index contributed by atoms with van der Waals surface area (Å²) in [4.78, 5) is 48.8. The number of urea groups is 1. The van der Waals surface area contributed by atoms with E-state index in [1.165, 1.54) is 0 Å². The summed E-state index contributed by atoms with van der Waals surface area (Å²) in [6.07, 6.45) is 0. The van der Waals surface area contributed by atoms with E-state index < -0.39 is 41.9 Å². The Hall–Kier alpha value is -2.84. The Labute approximate surface area is 136 Å². The molecule has 1 fully saturated rings. The Morgan fingerprint density at radius 2 is 1.75 bits per heavy atom. The molecule has 7 nitrogen and oxygen atoms in total. The monoisotopic (exact) mass is 339 g/mol. The van der Waals surface area contributed by atoms with Crippen molar-refractivity contribution in [2.45, 2.75) is 13.8 Å². The van der Waals surface area contributed by atoms with Gasteiger partial charge in [0.2, 0.25) is 5.91 Å². The standard InChI is InChI=1S/C15H15F2N3O4/c1-8(2)6-19-13(22)14(23)20(15(19)24)7-12(21)18-11-4-3-9(16)5-10(11)17/h3-5,8H,6-7H2,1-2H3,(H,18,21). The number of rotatable bonds is 5. The molecule has 0 unspecified atom stereocenters. The fourth-order valence-corrected chi connectivity index (χ4v) is 2.14. The molecule has 1 saturated heterocycles. The maximum atomic E-state index is 13.5. The van der Waals surface area contributed by atoms with Gasteiger partial charge in [0.05, 0.1) is 5.69 Å². The van der Waals surface area contributed by atoms with E-state index in [4.69, 9.17) is 0 Å². The van der Waals surface area contributed by atoms with Crippen molar-refractivity contribution < 1.29 is 28.0 Å². The third-order valence-corrected chi connectivity index (χ3v) is 3.19. The van der Waals surface area contributed by atoms with Crippen LogP contribution < -0.4 is 5.32 Å². The van der Waals surface area contributed by atoms with E-state index >= 15 is 0 Å². The van der Waals surface area contributed by atoms with Gasteiger partial charge in [-0.2, -0.15) is 0 Å². The van der Waals surface area contributed by atoms with Gasteiger partial charge in [-0.1, -0.05) is 13.8 Å². The topological polar surface area (TPSA) is 86.8 Å². The van der Waals surface area contributed by atoms with Crippen LogP contribution in [0.3, 0.4) is 0 Å². The van der Waals surface area contributed by atoms with Crippen LogP contribution in [0.4, 0.5) is 19.3 Å². The lowest BCUT2D eigenvalue weighted by molar-refractivity contribution is -0.143. The lowest BCUT2D eigenvalue weighted by Gasteiger charge is -2.16. The number of halogens is 2. The van der Waals surface area contributed by atoms with Crippen molar-refractivity contribution >= 4 is 29.4 Å². The fraction of sp³-hybridized carbons (Fsp3) is 0.333. The van der Waals surface area contributed by atoms with E-state index in [0.717, 1.165) is 17.0 Å². The molecule has 1 aromatic carbocycles. The third kappa shape index (κ3) is 3.55. The molecule has 2 rings (SSSR count). The minimum atomic E-state index is -1.12. The summed E-state index contributed by atoms with van der Waals surface area (Å²) in [6.45, 7) is 2.83. The minimum absolute atomic E-state index is 0.0483. The van der Waals surface area contributed by atoms with Gasteiger partial charge in [0.15, 0.2) is 0 Å². The normalized spacial score (nSPS) is 14.8. The number of hydrogen-bond acceptors (Lipinski definition) is 4. The first-order chi connectivity index (χ1) is 11.2. The summed E-state index contributed by atoms with van der Waals surface area (Å²) in [7, 11) is 0. The summed E-state index contributed by atoms with van der Waals surface area (Å²) in [5, 5.41) is 2.12. The van der Waals surface area contributed by atoms with Gasteiger partial charge in [-0.25, -0.2) is 18.5 Å². The van der Waals surface area contributed by atoms with E-state index in [9.17, 15) is 28.0 Å². The van der Waals surface area contributed by atoms with Crippen LogP contribution in [0.1, 0.15) is 13.8 Å². The van der Waals surface area contributed by atoms with Crippen molar-refractivity contribution in [2.24, 2.45) is 5.92 Å². The molecule has 0 atom stereocenters. The van der Waals surface area contributed by atoms with Crippen molar-refractivity contribution in [3.8, 4) is 0 Å². The maximum Gasteiger partial charge on any atom is 0.334 e. The molecule has 1 heterocycles. The van der Waals surface area contributed by atoms with Crippen molar-refractivity contribution in [3.05, 3.63) is 29.8 Å². The first kappa shape index (κ1) is 17.5. The average molecular weight is 339 g/mol. The van der Waals surface area contributed by atoms with E-state index in [-0.39, 0.29) is 18.2 Å². The highest BCUT2D eigenvalue weighted by Crippen LogP contribution is 2.17. The van der Waals surface area contributed by atoms with Gasteiger partial charge in [-0.05, 0) is 18.1 Å². The highest BCUT2D eigenvalue weighted by molar-refractivity contribution is 6.45. The zero-order valence-electron chi connectivity index (χ0n) is 13.0. The summed E-state index contributed by atoms with van der Waals surface area (Å²) in [5.74, 6) is -4.87. The van der Waals surface area contributed by atoms with Crippen molar-refractivity contribution in [1.82, 2.24) is 9.80 Å². The van der Waals surface area contributed by atoms with Gasteiger partial charge in [0.1, 0.15) is 18.2 Å². The lowest BCUT2D eigenvalue weighted by Crippen LogP contribution is -2.39. The van der Waals surface area contributed by atoms with Gasteiger partial charge < -0.3 is 5.32 Å². The molecule has 1 N–H and O–H groups in total. The number of imide groups is 2. The highest BCUT2D eigenvalue weighted by Gasteiger charge is 2.45. The second-order valence-corrected chi connectivity index (χ2v) is 5.66. The Balaban J connectivity index is 2.07. The summed E-state index contributed by atoms with van der Waals surface area (Å²) in [6, 6.07) is 1.63. The smallest absolute Gasteiger partial charge is 0.322 e. The highest BCUT2D eigenvalue weighted by atomic mass is 19.1. The maximum absolute atomic E-state index is 13.5. The van der Waals surface area contributed by atoms with E-state index in [1.54, 1.807) is 13.8 Å². The zero-order valence-corrected chi connectivity index (χ0v) is 13.0. The molecule has 0 radical (unpaired) electrons. The molecule has 0 spiro atoms. The molecule has 0 aromatic heterocycles. The van der Waals surface area contributed by atoms with Crippen LogP contribution in [0.2, 0.25) is 0 Å². The molecule has 0 bridgehead atoms.